The van der Waals surface area contributed by atoms with Crippen LogP contribution in [0.1, 0.15) is 18.1 Å². The van der Waals surface area contributed by atoms with Gasteiger partial charge in [-0.25, -0.2) is 5.01 Å². The number of nitrogens with zero attached hydrogens (tertiary/aromatic N) is 3. The molecule has 0 amide bonds. The lowest BCUT2D eigenvalue weighted by Crippen LogP contribution is -2.28. The molecule has 2 aromatic rings. The minimum absolute atomic E-state index is 0.0435. The van der Waals surface area contributed by atoms with Crippen LogP contribution in [-0.4, -0.2) is 56.8 Å². The van der Waals surface area contributed by atoms with Crippen molar-refractivity contribution >= 4 is 28.0 Å². The van der Waals surface area contributed by atoms with E-state index in [1.807, 2.05) is 0 Å². The number of methoxy groups -OCH3 is 1. The normalized spacial score (nSPS) is 14.4. The van der Waals surface area contributed by atoms with Crippen molar-refractivity contribution in [2.24, 2.45) is 9.50 Å². The number of aliphatic hydroxyl groups excluding tert-OH is 1. The van der Waals surface area contributed by atoms with Gasteiger partial charge in [0.15, 0.2) is 17.3 Å². The summed E-state index contributed by atoms with van der Waals surface area (Å²) in [5.41, 5.74) is 1.02. The maximum Gasteiger partial charge on any atom is 0.308 e. The minimum atomic E-state index is -3.81. The Kier molecular flexibility index (Phi) is 5.95. The number of aliphatic hydroxyl groups is 1. The number of hydrogen-bond acceptors (Lipinski definition) is 8. The van der Waals surface area contributed by atoms with Gasteiger partial charge in [-0.05, 0) is 35.9 Å². The first-order valence-electron chi connectivity index (χ1n) is 8.59. The number of benzene rings is 2. The topological polar surface area (TPSA) is 118 Å². The van der Waals surface area contributed by atoms with Crippen LogP contribution in [-0.2, 0) is 14.8 Å². The average molecular weight is 417 g/mol. The summed E-state index contributed by atoms with van der Waals surface area (Å²) in [4.78, 5) is 11.3. The number of carbonyl (C=O) groups is 1. The van der Waals surface area contributed by atoms with Crippen molar-refractivity contribution in [1.29, 1.82) is 0 Å². The van der Waals surface area contributed by atoms with E-state index in [9.17, 15) is 18.3 Å². The predicted octanol–water partition coefficient (Wildman–Crippen LogP) is 1.40. The summed E-state index contributed by atoms with van der Waals surface area (Å²) in [7, 11) is -2.37. The zero-order valence-corrected chi connectivity index (χ0v) is 16.6. The van der Waals surface area contributed by atoms with Gasteiger partial charge >= 0.3 is 5.97 Å². The van der Waals surface area contributed by atoms with Crippen molar-refractivity contribution in [2.45, 2.75) is 11.8 Å². The molecule has 1 aliphatic heterocycles. The van der Waals surface area contributed by atoms with E-state index >= 15 is 0 Å². The Morgan fingerprint density at radius 3 is 2.69 bits per heavy atom. The first-order chi connectivity index (χ1) is 13.9. The van der Waals surface area contributed by atoms with Gasteiger partial charge in [0.05, 0.1) is 26.5 Å². The standard InChI is InChI=1S/C19H19N3O6S/c1-13(24)28-16-8-7-14(11-17(16)27-2)12-20-22(9-10-23)19-15-5-3-4-6-18(15)29(25,26)21-19/h3-8,11-12,23H,9-10H2,1-2H3/b20-12-. The Morgan fingerprint density at radius 1 is 1.24 bits per heavy atom. The monoisotopic (exact) mass is 417 g/mol. The average Bonchev–Trinajstić information content (AvgIpc) is 2.97. The first-order valence-corrected chi connectivity index (χ1v) is 10.0. The van der Waals surface area contributed by atoms with Gasteiger partial charge in [-0.3, -0.25) is 4.79 Å². The molecular weight excluding hydrogens is 398 g/mol. The molecule has 1 aliphatic rings. The molecule has 3 rings (SSSR count). The largest absolute Gasteiger partial charge is 0.493 e. The summed E-state index contributed by atoms with van der Waals surface area (Å²) in [5, 5.41) is 15.0. The van der Waals surface area contributed by atoms with Crippen molar-refractivity contribution in [2.75, 3.05) is 20.3 Å². The van der Waals surface area contributed by atoms with Crippen LogP contribution in [0.2, 0.25) is 0 Å². The number of hydrazone groups is 1. The first kappa shape index (κ1) is 20.5. The number of sulfonamides is 1. The fourth-order valence-corrected chi connectivity index (χ4v) is 3.93. The third-order valence-corrected chi connectivity index (χ3v) is 5.28. The second-order valence-electron chi connectivity index (χ2n) is 5.98. The van der Waals surface area contributed by atoms with E-state index in [0.717, 1.165) is 0 Å². The van der Waals surface area contributed by atoms with Gasteiger partial charge < -0.3 is 14.6 Å². The molecule has 9 nitrogen and oxygen atoms in total. The Morgan fingerprint density at radius 2 is 2.00 bits per heavy atom. The molecule has 152 valence electrons. The molecule has 0 spiro atoms. The minimum Gasteiger partial charge on any atom is -0.493 e. The van der Waals surface area contributed by atoms with E-state index in [-0.39, 0.29) is 29.6 Å². The van der Waals surface area contributed by atoms with Gasteiger partial charge in [-0.1, -0.05) is 12.1 Å². The number of ether oxygens (including phenoxy) is 2. The smallest absolute Gasteiger partial charge is 0.308 e. The van der Waals surface area contributed by atoms with Gasteiger partial charge in [0, 0.05) is 12.5 Å². The SMILES string of the molecule is COc1cc(/C=N\N(CCO)C2=NS(=O)(=O)c3ccccc32)ccc1OC(C)=O. The van der Waals surface area contributed by atoms with Gasteiger partial charge in [-0.2, -0.15) is 13.5 Å². The number of hydrogen-bond donors (Lipinski definition) is 1. The quantitative estimate of drug-likeness (QED) is 0.327. The van der Waals surface area contributed by atoms with Crippen molar-refractivity contribution < 1.29 is 27.8 Å². The van der Waals surface area contributed by atoms with E-state index in [2.05, 4.69) is 9.50 Å². The molecule has 1 heterocycles. The third kappa shape index (κ3) is 4.44. The molecule has 10 heteroatoms. The molecule has 0 fully saturated rings. The molecule has 0 saturated carbocycles. The molecule has 29 heavy (non-hydrogen) atoms. The molecule has 2 aromatic carbocycles. The zero-order valence-electron chi connectivity index (χ0n) is 15.8. The Bertz CT molecular complexity index is 1090. The molecule has 1 N–H and O–H groups in total. The van der Waals surface area contributed by atoms with Crippen LogP contribution in [0, 0.1) is 0 Å². The number of esters is 1. The van der Waals surface area contributed by atoms with Crippen molar-refractivity contribution in [3.05, 3.63) is 53.6 Å². The van der Waals surface area contributed by atoms with Crippen LogP contribution >= 0.6 is 0 Å². The zero-order chi connectivity index (χ0) is 21.0. The lowest BCUT2D eigenvalue weighted by atomic mass is 10.2. The van der Waals surface area contributed by atoms with Crippen LogP contribution in [0.15, 0.2) is 56.9 Å². The maximum atomic E-state index is 12.3. The number of amidine groups is 1. The van der Waals surface area contributed by atoms with Crippen molar-refractivity contribution in [3.8, 4) is 11.5 Å². The third-order valence-electron chi connectivity index (χ3n) is 3.96. The molecule has 0 unspecified atom stereocenters. The summed E-state index contributed by atoms with van der Waals surface area (Å²) in [6, 6.07) is 11.3. The Hall–Kier alpha value is -3.24. The molecule has 0 bridgehead atoms. The van der Waals surface area contributed by atoms with Crippen LogP contribution in [0.4, 0.5) is 0 Å². The summed E-state index contributed by atoms with van der Waals surface area (Å²) in [5.74, 6) is 0.265. The van der Waals surface area contributed by atoms with E-state index in [4.69, 9.17) is 9.47 Å². The maximum absolute atomic E-state index is 12.3. The van der Waals surface area contributed by atoms with E-state index < -0.39 is 16.0 Å². The lowest BCUT2D eigenvalue weighted by Gasteiger charge is -2.17. The molecular formula is C19H19N3O6S. The van der Waals surface area contributed by atoms with Gasteiger partial charge in [-0.15, -0.1) is 4.40 Å². The second kappa shape index (κ2) is 8.41. The predicted molar refractivity (Wildman–Crippen MR) is 106 cm³/mol. The highest BCUT2D eigenvalue weighted by atomic mass is 32.2. The molecule has 0 aromatic heterocycles. The fraction of sp³-hybridized carbons (Fsp3) is 0.211. The summed E-state index contributed by atoms with van der Waals surface area (Å²) in [6.45, 7) is 1.07. The Balaban J connectivity index is 1.92. The van der Waals surface area contributed by atoms with Crippen molar-refractivity contribution in [1.82, 2.24) is 5.01 Å². The van der Waals surface area contributed by atoms with Crippen LogP contribution in [0.25, 0.3) is 0 Å². The lowest BCUT2D eigenvalue weighted by molar-refractivity contribution is -0.132. The molecule has 0 atom stereocenters. The molecule has 0 saturated heterocycles. The highest BCUT2D eigenvalue weighted by molar-refractivity contribution is 7.90. The molecule has 0 aliphatic carbocycles. The molecule has 0 radical (unpaired) electrons. The van der Waals surface area contributed by atoms with Crippen LogP contribution in [0.5, 0.6) is 11.5 Å². The van der Waals surface area contributed by atoms with E-state index in [1.54, 1.807) is 36.4 Å². The summed E-state index contributed by atoms with van der Waals surface area (Å²) in [6.07, 6.45) is 1.46. The van der Waals surface area contributed by atoms with Crippen LogP contribution < -0.4 is 9.47 Å². The fourth-order valence-electron chi connectivity index (χ4n) is 2.73. The van der Waals surface area contributed by atoms with E-state index in [1.165, 1.54) is 31.3 Å². The number of carbonyl (C=O) groups excluding carboxylic acids is 1. The number of rotatable bonds is 6. The van der Waals surface area contributed by atoms with Gasteiger partial charge in [0.25, 0.3) is 10.0 Å². The highest BCUT2D eigenvalue weighted by Crippen LogP contribution is 2.29. The summed E-state index contributed by atoms with van der Waals surface area (Å²) >= 11 is 0. The second-order valence-corrected chi connectivity index (χ2v) is 7.55. The van der Waals surface area contributed by atoms with Gasteiger partial charge in [0.1, 0.15) is 4.90 Å². The Labute approximate surface area is 168 Å². The van der Waals surface area contributed by atoms with E-state index in [0.29, 0.717) is 16.9 Å². The number of fused-ring (bicyclic) bond motifs is 1. The van der Waals surface area contributed by atoms with Gasteiger partial charge in [0.2, 0.25) is 0 Å². The highest BCUT2D eigenvalue weighted by Gasteiger charge is 2.31. The van der Waals surface area contributed by atoms with Crippen molar-refractivity contribution in [3.63, 3.8) is 0 Å². The van der Waals surface area contributed by atoms with Crippen LogP contribution in [0.3, 0.4) is 0 Å². The summed E-state index contributed by atoms with van der Waals surface area (Å²) < 4.78 is 38.6.